The first-order valence-electron chi connectivity index (χ1n) is 7.49. The Kier molecular flexibility index (Phi) is 4.10. The zero-order chi connectivity index (χ0) is 14.7. The molecule has 0 radical (unpaired) electrons. The lowest BCUT2D eigenvalue weighted by molar-refractivity contribution is 0.210. The standard InChI is InChI=1S/C16H22N4O/c1-12-15(17)20(14-7-3-2-4-8-14)19-16(12)21-11-13-6-5-9-18-10-13/h2-4,7-8,13,18H,5-6,9-11,17H2,1H3. The lowest BCUT2D eigenvalue weighted by Gasteiger charge is -2.22. The lowest BCUT2D eigenvalue weighted by atomic mass is 10.0. The van der Waals surface area contributed by atoms with E-state index in [0.29, 0.717) is 24.2 Å². The van der Waals surface area contributed by atoms with Crippen molar-refractivity contribution in [1.82, 2.24) is 15.1 Å². The SMILES string of the molecule is Cc1c(OCC2CCCNC2)nn(-c2ccccc2)c1N. The fourth-order valence-corrected chi connectivity index (χ4v) is 2.65. The van der Waals surface area contributed by atoms with Crippen molar-refractivity contribution >= 4 is 5.82 Å². The van der Waals surface area contributed by atoms with Gasteiger partial charge in [0, 0.05) is 12.5 Å². The number of nitrogens with zero attached hydrogens (tertiary/aromatic N) is 2. The second kappa shape index (κ2) is 6.18. The second-order valence-electron chi connectivity index (χ2n) is 5.59. The molecule has 3 rings (SSSR count). The van der Waals surface area contributed by atoms with Gasteiger partial charge in [-0.3, -0.25) is 0 Å². The van der Waals surface area contributed by atoms with Crippen molar-refractivity contribution in [3.63, 3.8) is 0 Å². The molecule has 1 aliphatic rings. The van der Waals surface area contributed by atoms with Crippen LogP contribution < -0.4 is 15.8 Å². The molecule has 0 bridgehead atoms. The van der Waals surface area contributed by atoms with E-state index in [-0.39, 0.29) is 0 Å². The van der Waals surface area contributed by atoms with Crippen molar-refractivity contribution in [3.8, 4) is 11.6 Å². The molecule has 1 aromatic carbocycles. The maximum atomic E-state index is 6.15. The molecule has 1 saturated heterocycles. The third-order valence-electron chi connectivity index (χ3n) is 3.98. The summed E-state index contributed by atoms with van der Waals surface area (Å²) < 4.78 is 7.65. The molecule has 0 spiro atoms. The molecule has 1 aliphatic heterocycles. The lowest BCUT2D eigenvalue weighted by Crippen LogP contribution is -2.33. The molecule has 5 nitrogen and oxygen atoms in total. The molecule has 3 N–H and O–H groups in total. The maximum absolute atomic E-state index is 6.15. The summed E-state index contributed by atoms with van der Waals surface area (Å²) in [5.41, 5.74) is 8.01. The van der Waals surface area contributed by atoms with Crippen LogP contribution in [0.2, 0.25) is 0 Å². The minimum atomic E-state index is 0.557. The van der Waals surface area contributed by atoms with Crippen LogP contribution in [-0.4, -0.2) is 29.5 Å². The summed E-state index contributed by atoms with van der Waals surface area (Å²) in [5.74, 6) is 1.83. The number of anilines is 1. The second-order valence-corrected chi connectivity index (χ2v) is 5.59. The summed E-state index contributed by atoms with van der Waals surface area (Å²) in [6, 6.07) is 9.89. The van der Waals surface area contributed by atoms with Gasteiger partial charge in [0.25, 0.3) is 0 Å². The minimum Gasteiger partial charge on any atom is -0.476 e. The summed E-state index contributed by atoms with van der Waals surface area (Å²) in [4.78, 5) is 0. The Morgan fingerprint density at radius 1 is 1.38 bits per heavy atom. The number of aromatic nitrogens is 2. The van der Waals surface area contributed by atoms with E-state index < -0.39 is 0 Å². The Bertz CT molecular complexity index is 588. The first-order valence-corrected chi connectivity index (χ1v) is 7.49. The summed E-state index contributed by atoms with van der Waals surface area (Å²) in [6.07, 6.45) is 2.43. The van der Waals surface area contributed by atoms with Crippen LogP contribution in [0.3, 0.4) is 0 Å². The number of rotatable bonds is 4. The van der Waals surface area contributed by atoms with Gasteiger partial charge in [-0.25, -0.2) is 4.68 Å². The molecule has 0 amide bonds. The monoisotopic (exact) mass is 286 g/mol. The van der Waals surface area contributed by atoms with E-state index in [4.69, 9.17) is 10.5 Å². The van der Waals surface area contributed by atoms with Crippen LogP contribution in [0.1, 0.15) is 18.4 Å². The molecular weight excluding hydrogens is 264 g/mol. The molecule has 2 heterocycles. The Hall–Kier alpha value is -2.01. The Balaban J connectivity index is 1.74. The smallest absolute Gasteiger partial charge is 0.238 e. The van der Waals surface area contributed by atoms with Gasteiger partial charge < -0.3 is 15.8 Å². The van der Waals surface area contributed by atoms with Crippen LogP contribution in [0.5, 0.6) is 5.88 Å². The molecule has 1 fully saturated rings. The molecule has 21 heavy (non-hydrogen) atoms. The van der Waals surface area contributed by atoms with Gasteiger partial charge in [-0.15, -0.1) is 5.10 Å². The number of hydrogen-bond acceptors (Lipinski definition) is 4. The Morgan fingerprint density at radius 2 is 2.19 bits per heavy atom. The normalized spacial score (nSPS) is 18.6. The highest BCUT2D eigenvalue weighted by atomic mass is 16.5. The van der Waals surface area contributed by atoms with Crippen LogP contribution in [0, 0.1) is 12.8 Å². The number of ether oxygens (including phenoxy) is 1. The first-order chi connectivity index (χ1) is 10.3. The number of benzene rings is 1. The van der Waals surface area contributed by atoms with E-state index in [9.17, 15) is 0 Å². The van der Waals surface area contributed by atoms with Gasteiger partial charge in [0.1, 0.15) is 5.82 Å². The number of hydrogen-bond donors (Lipinski definition) is 2. The quantitative estimate of drug-likeness (QED) is 0.904. The number of para-hydroxylation sites is 1. The Labute approximate surface area is 125 Å². The predicted molar refractivity (Wildman–Crippen MR) is 83.8 cm³/mol. The van der Waals surface area contributed by atoms with Crippen LogP contribution >= 0.6 is 0 Å². The summed E-state index contributed by atoms with van der Waals surface area (Å²) in [7, 11) is 0. The van der Waals surface area contributed by atoms with Gasteiger partial charge >= 0.3 is 0 Å². The number of nitrogens with one attached hydrogen (secondary N) is 1. The van der Waals surface area contributed by atoms with Gasteiger partial charge in [-0.05, 0) is 38.4 Å². The van der Waals surface area contributed by atoms with Crippen molar-refractivity contribution in [2.24, 2.45) is 5.92 Å². The highest BCUT2D eigenvalue weighted by Gasteiger charge is 2.18. The van der Waals surface area contributed by atoms with Gasteiger partial charge in [-0.1, -0.05) is 18.2 Å². The van der Waals surface area contributed by atoms with Crippen molar-refractivity contribution in [2.45, 2.75) is 19.8 Å². The Morgan fingerprint density at radius 3 is 2.90 bits per heavy atom. The average molecular weight is 286 g/mol. The zero-order valence-corrected chi connectivity index (χ0v) is 12.4. The number of piperidine rings is 1. The largest absolute Gasteiger partial charge is 0.476 e. The molecule has 2 aromatic rings. The van der Waals surface area contributed by atoms with Crippen LogP contribution in [-0.2, 0) is 0 Å². The van der Waals surface area contributed by atoms with E-state index >= 15 is 0 Å². The van der Waals surface area contributed by atoms with E-state index in [0.717, 1.165) is 24.3 Å². The van der Waals surface area contributed by atoms with Crippen LogP contribution in [0.15, 0.2) is 30.3 Å². The van der Waals surface area contributed by atoms with Crippen LogP contribution in [0.4, 0.5) is 5.82 Å². The molecule has 5 heteroatoms. The molecule has 0 aliphatic carbocycles. The summed E-state index contributed by atoms with van der Waals surface area (Å²) in [5, 5.41) is 7.91. The van der Waals surface area contributed by atoms with Gasteiger partial charge in [0.05, 0.1) is 17.9 Å². The van der Waals surface area contributed by atoms with E-state index in [2.05, 4.69) is 10.4 Å². The van der Waals surface area contributed by atoms with Crippen molar-refractivity contribution in [3.05, 3.63) is 35.9 Å². The van der Waals surface area contributed by atoms with E-state index in [1.165, 1.54) is 12.8 Å². The van der Waals surface area contributed by atoms with Crippen LogP contribution in [0.25, 0.3) is 5.69 Å². The fraction of sp³-hybridized carbons (Fsp3) is 0.438. The highest BCUT2D eigenvalue weighted by molar-refractivity contribution is 5.51. The molecule has 1 unspecified atom stereocenters. The molecule has 0 saturated carbocycles. The van der Waals surface area contributed by atoms with Crippen molar-refractivity contribution in [1.29, 1.82) is 0 Å². The first kappa shape index (κ1) is 13.9. The molecular formula is C16H22N4O. The van der Waals surface area contributed by atoms with Crippen molar-refractivity contribution in [2.75, 3.05) is 25.4 Å². The molecule has 112 valence electrons. The number of nitrogens with two attached hydrogens (primary N) is 1. The van der Waals surface area contributed by atoms with Gasteiger partial charge in [0.15, 0.2) is 0 Å². The zero-order valence-electron chi connectivity index (χ0n) is 12.4. The van der Waals surface area contributed by atoms with Gasteiger partial charge in [-0.2, -0.15) is 0 Å². The molecule has 1 aromatic heterocycles. The van der Waals surface area contributed by atoms with E-state index in [1.54, 1.807) is 4.68 Å². The summed E-state index contributed by atoms with van der Waals surface area (Å²) in [6.45, 7) is 4.79. The topological polar surface area (TPSA) is 65.1 Å². The third kappa shape index (κ3) is 3.03. The fourth-order valence-electron chi connectivity index (χ4n) is 2.65. The highest BCUT2D eigenvalue weighted by Crippen LogP contribution is 2.26. The maximum Gasteiger partial charge on any atom is 0.238 e. The van der Waals surface area contributed by atoms with Crippen molar-refractivity contribution < 1.29 is 4.74 Å². The third-order valence-corrected chi connectivity index (χ3v) is 3.98. The predicted octanol–water partition coefficient (Wildman–Crippen LogP) is 2.14. The van der Waals surface area contributed by atoms with Gasteiger partial charge in [0.2, 0.25) is 5.88 Å². The summed E-state index contributed by atoms with van der Waals surface area (Å²) >= 11 is 0. The van der Waals surface area contributed by atoms with E-state index in [1.807, 2.05) is 37.3 Å². The minimum absolute atomic E-state index is 0.557. The number of nitrogen functional groups attached to an aromatic ring is 1. The average Bonchev–Trinajstić information content (AvgIpc) is 2.83. The molecule has 1 atom stereocenters.